The molecule has 6 aromatic rings. The zero-order valence-corrected chi connectivity index (χ0v) is 34.0. The number of amides is 4. The van der Waals surface area contributed by atoms with E-state index in [1.54, 1.807) is 60.7 Å². The van der Waals surface area contributed by atoms with Crippen LogP contribution in [0, 0.1) is 25.7 Å². The lowest BCUT2D eigenvalue weighted by molar-refractivity contribution is -0.124. The number of rotatable bonds is 4. The Bertz CT molecular complexity index is 2560. The fourth-order valence-corrected chi connectivity index (χ4v) is 9.56. The van der Waals surface area contributed by atoms with Gasteiger partial charge in [0, 0.05) is 57.0 Å². The molecule has 8 nitrogen and oxygen atoms in total. The van der Waals surface area contributed by atoms with E-state index in [4.69, 9.17) is 23.2 Å². The Morgan fingerprint density at radius 2 is 0.733 bits per heavy atom. The number of fused-ring (bicyclic) bond motifs is 4. The van der Waals surface area contributed by atoms with E-state index in [-0.39, 0.29) is 59.9 Å². The molecule has 0 unspecified atom stereocenters. The second kappa shape index (κ2) is 15.3. The van der Waals surface area contributed by atoms with Gasteiger partial charge in [-0.3, -0.25) is 38.6 Å². The second-order valence-corrected chi connectivity index (χ2v) is 16.4. The first-order valence-electron chi connectivity index (χ1n) is 19.7. The smallest absolute Gasteiger partial charge is 0.238 e. The number of carbonyl (C=O) groups excluding carboxylic acids is 6. The van der Waals surface area contributed by atoms with Gasteiger partial charge in [-0.1, -0.05) is 132 Å². The Kier molecular flexibility index (Phi) is 9.93. The average Bonchev–Trinajstić information content (AvgIpc) is 3.72. The first-order chi connectivity index (χ1) is 28.9. The van der Waals surface area contributed by atoms with Crippen LogP contribution in [0.15, 0.2) is 133 Å². The first-order valence-corrected chi connectivity index (χ1v) is 20.4. The van der Waals surface area contributed by atoms with Crippen molar-refractivity contribution in [2.45, 2.75) is 38.5 Å². The molecule has 6 aromatic carbocycles. The molecule has 4 aliphatic rings. The van der Waals surface area contributed by atoms with Crippen LogP contribution in [0.2, 0.25) is 10.0 Å². The maximum Gasteiger partial charge on any atom is 0.238 e. The molecule has 0 aromatic heterocycles. The lowest BCUT2D eigenvalue weighted by Crippen LogP contribution is -2.33. The average molecular weight is 832 g/mol. The summed E-state index contributed by atoms with van der Waals surface area (Å²) in [5.41, 5.74) is 8.32. The fourth-order valence-electron chi connectivity index (χ4n) is 9.21. The van der Waals surface area contributed by atoms with Crippen LogP contribution in [0.5, 0.6) is 0 Å². The Balaban J connectivity index is 0.000000154. The van der Waals surface area contributed by atoms with E-state index in [1.807, 2.05) is 86.6 Å². The molecule has 2 fully saturated rings. The molecule has 10 heteroatoms. The van der Waals surface area contributed by atoms with Gasteiger partial charge in [-0.15, -0.1) is 0 Å². The van der Waals surface area contributed by atoms with Crippen molar-refractivity contribution >= 4 is 69.8 Å². The lowest BCUT2D eigenvalue weighted by Gasteiger charge is -2.30. The van der Waals surface area contributed by atoms with E-state index in [9.17, 15) is 28.8 Å². The van der Waals surface area contributed by atoms with Gasteiger partial charge < -0.3 is 0 Å². The maximum absolute atomic E-state index is 13.5. The standard InChI is InChI=1S/2C25H18ClNO3/c2*1-14-10-11-15(12-21(14)26)27-22(28)13-20(25(27)30)23-16-6-2-4-8-18(16)24(29)19-9-5-3-7-17(19)23/h2*2-12,20,23H,13H2,1H3/t2*20-/m00/s1. The molecular formula is C50H36Cl2N2O6. The minimum atomic E-state index is -0.576. The van der Waals surface area contributed by atoms with Crippen LogP contribution in [0.4, 0.5) is 11.4 Å². The van der Waals surface area contributed by atoms with Crippen LogP contribution in [0.3, 0.4) is 0 Å². The van der Waals surface area contributed by atoms with Gasteiger partial charge in [-0.2, -0.15) is 0 Å². The number of ketones is 2. The molecule has 2 saturated heterocycles. The number of hydrogen-bond donors (Lipinski definition) is 0. The van der Waals surface area contributed by atoms with Crippen molar-refractivity contribution in [1.29, 1.82) is 0 Å². The zero-order chi connectivity index (χ0) is 42.0. The molecule has 296 valence electrons. The third kappa shape index (κ3) is 6.38. The third-order valence-corrected chi connectivity index (χ3v) is 13.0. The normalized spacial score (nSPS) is 18.5. The van der Waals surface area contributed by atoms with Gasteiger partial charge in [0.15, 0.2) is 11.6 Å². The summed E-state index contributed by atoms with van der Waals surface area (Å²) in [7, 11) is 0. The molecule has 4 amide bonds. The highest BCUT2D eigenvalue weighted by Gasteiger charge is 2.49. The van der Waals surface area contributed by atoms with Gasteiger partial charge in [0.05, 0.1) is 23.2 Å². The van der Waals surface area contributed by atoms with Crippen LogP contribution in [0.25, 0.3) is 0 Å². The van der Waals surface area contributed by atoms with Gasteiger partial charge in [0.25, 0.3) is 0 Å². The number of hydrogen-bond acceptors (Lipinski definition) is 6. The number of nitrogens with zero attached hydrogens (tertiary/aromatic N) is 2. The largest absolute Gasteiger partial charge is 0.289 e. The number of benzene rings is 6. The monoisotopic (exact) mass is 830 g/mol. The predicted molar refractivity (Wildman–Crippen MR) is 230 cm³/mol. The highest BCUT2D eigenvalue weighted by atomic mass is 35.5. The molecule has 2 aliphatic heterocycles. The molecule has 0 saturated carbocycles. The molecule has 0 N–H and O–H groups in total. The zero-order valence-electron chi connectivity index (χ0n) is 32.5. The van der Waals surface area contributed by atoms with Gasteiger partial charge in [-0.25, -0.2) is 0 Å². The van der Waals surface area contributed by atoms with E-state index in [2.05, 4.69) is 0 Å². The summed E-state index contributed by atoms with van der Waals surface area (Å²) in [6.45, 7) is 3.74. The van der Waals surface area contributed by atoms with Crippen LogP contribution >= 0.6 is 23.2 Å². The number of carbonyl (C=O) groups is 6. The van der Waals surface area contributed by atoms with E-state index >= 15 is 0 Å². The van der Waals surface area contributed by atoms with Gasteiger partial charge in [0.1, 0.15) is 0 Å². The van der Waals surface area contributed by atoms with Gasteiger partial charge in [-0.05, 0) is 71.5 Å². The molecule has 0 bridgehead atoms. The van der Waals surface area contributed by atoms with E-state index in [0.29, 0.717) is 43.7 Å². The second-order valence-electron chi connectivity index (χ2n) is 15.6. The summed E-state index contributed by atoms with van der Waals surface area (Å²) in [6, 6.07) is 39.9. The number of imide groups is 2. The Hall–Kier alpha value is -6.48. The molecule has 0 spiro atoms. The molecule has 60 heavy (non-hydrogen) atoms. The molecule has 2 atom stereocenters. The molecular weight excluding hydrogens is 795 g/mol. The minimum Gasteiger partial charge on any atom is -0.289 e. The summed E-state index contributed by atoms with van der Waals surface area (Å²) in [5.74, 6) is -2.97. The Labute approximate surface area is 356 Å². The summed E-state index contributed by atoms with van der Waals surface area (Å²) >= 11 is 12.5. The lowest BCUT2D eigenvalue weighted by atomic mass is 9.71. The van der Waals surface area contributed by atoms with E-state index < -0.39 is 11.8 Å². The predicted octanol–water partition coefficient (Wildman–Crippen LogP) is 9.81. The summed E-state index contributed by atoms with van der Waals surface area (Å²) in [6.07, 6.45) is 0.178. The number of halogens is 2. The molecule has 10 rings (SSSR count). The Morgan fingerprint density at radius 3 is 1.03 bits per heavy atom. The van der Waals surface area contributed by atoms with Gasteiger partial charge in [0.2, 0.25) is 23.6 Å². The SMILES string of the molecule is Cc1ccc(N2C(=O)C[C@@H](C3c4ccccc4C(=O)c4ccccc43)C2=O)cc1Cl.Cc1ccc(N2C(=O)C[C@@H](C3c4ccccc4C(=O)c4ccccc43)C2=O)cc1Cl. The van der Waals surface area contributed by atoms with E-state index in [0.717, 1.165) is 33.4 Å². The van der Waals surface area contributed by atoms with Crippen LogP contribution in [0.1, 0.15) is 89.9 Å². The van der Waals surface area contributed by atoms with Crippen molar-refractivity contribution < 1.29 is 28.8 Å². The fraction of sp³-hybridized carbons (Fsp3) is 0.160. The van der Waals surface area contributed by atoms with Crippen LogP contribution < -0.4 is 9.80 Å². The van der Waals surface area contributed by atoms with Crippen LogP contribution in [-0.2, 0) is 19.2 Å². The molecule has 2 aliphatic carbocycles. The number of aryl methyl sites for hydroxylation is 2. The van der Waals surface area contributed by atoms with Crippen LogP contribution in [-0.4, -0.2) is 35.2 Å². The Morgan fingerprint density at radius 1 is 0.433 bits per heavy atom. The van der Waals surface area contributed by atoms with Crippen molar-refractivity contribution in [1.82, 2.24) is 0 Å². The first kappa shape index (κ1) is 39.0. The topological polar surface area (TPSA) is 109 Å². The summed E-state index contributed by atoms with van der Waals surface area (Å²) in [5, 5.41) is 1.02. The minimum absolute atomic E-state index is 0.0450. The third-order valence-electron chi connectivity index (χ3n) is 12.2. The summed E-state index contributed by atoms with van der Waals surface area (Å²) in [4.78, 5) is 81.3. The molecule has 0 radical (unpaired) electrons. The van der Waals surface area contributed by atoms with Gasteiger partial charge >= 0.3 is 0 Å². The van der Waals surface area contributed by atoms with Crippen molar-refractivity contribution in [2.24, 2.45) is 11.8 Å². The highest BCUT2D eigenvalue weighted by molar-refractivity contribution is 6.33. The van der Waals surface area contributed by atoms with Crippen molar-refractivity contribution in [3.63, 3.8) is 0 Å². The number of anilines is 2. The van der Waals surface area contributed by atoms with Crippen molar-refractivity contribution in [3.05, 3.63) is 199 Å². The van der Waals surface area contributed by atoms with E-state index in [1.165, 1.54) is 9.80 Å². The van der Waals surface area contributed by atoms with Crippen molar-refractivity contribution in [2.75, 3.05) is 9.80 Å². The quantitative estimate of drug-likeness (QED) is 0.164. The maximum atomic E-state index is 13.5. The molecule has 2 heterocycles. The highest BCUT2D eigenvalue weighted by Crippen LogP contribution is 2.47. The summed E-state index contributed by atoms with van der Waals surface area (Å²) < 4.78 is 0. The van der Waals surface area contributed by atoms with Crippen molar-refractivity contribution in [3.8, 4) is 0 Å².